The predicted octanol–water partition coefficient (Wildman–Crippen LogP) is 8.36. The van der Waals surface area contributed by atoms with Crippen molar-refractivity contribution < 1.29 is 23.5 Å². The number of amidine groups is 2. The van der Waals surface area contributed by atoms with Gasteiger partial charge in [-0.25, -0.2) is 9.97 Å². The lowest BCUT2D eigenvalue weighted by Gasteiger charge is -2.16. The lowest BCUT2D eigenvalue weighted by molar-refractivity contribution is -0.117. The van der Waals surface area contributed by atoms with Crippen LogP contribution in [0.3, 0.4) is 0 Å². The molecule has 52 heavy (non-hydrogen) atoms. The van der Waals surface area contributed by atoms with Crippen LogP contribution in [-0.4, -0.2) is 59.8 Å². The number of hydrogen-bond acceptors (Lipinski definition) is 11. The fourth-order valence-corrected chi connectivity index (χ4v) is 6.34. The fourth-order valence-electron chi connectivity index (χ4n) is 4.69. The number of thiazole rings is 2. The van der Waals surface area contributed by atoms with E-state index in [9.17, 15) is 9.59 Å². The van der Waals surface area contributed by atoms with Crippen molar-refractivity contribution in [1.29, 1.82) is 10.8 Å². The lowest BCUT2D eigenvalue weighted by atomic mass is 10.1. The molecule has 0 aliphatic carbocycles. The molecule has 0 saturated heterocycles. The van der Waals surface area contributed by atoms with Crippen LogP contribution in [0, 0.1) is 10.8 Å². The number of benzene rings is 2. The largest absolute Gasteiger partial charge is 0.490 e. The number of carbonyl (C=O) groups is 2. The molecule has 0 saturated carbocycles. The van der Waals surface area contributed by atoms with Crippen molar-refractivity contribution >= 4 is 80.2 Å². The van der Waals surface area contributed by atoms with Crippen LogP contribution in [0.4, 0.5) is 21.6 Å². The average Bonchev–Trinajstić information content (AvgIpc) is 3.85. The van der Waals surface area contributed by atoms with Gasteiger partial charge in [0.2, 0.25) is 11.8 Å². The Morgan fingerprint density at radius 1 is 0.712 bits per heavy atom. The molecule has 0 aliphatic rings. The maximum atomic E-state index is 11.7. The lowest BCUT2D eigenvalue weighted by Crippen LogP contribution is -2.23. The minimum atomic E-state index is -0.139. The van der Waals surface area contributed by atoms with E-state index in [1.54, 1.807) is 24.9 Å². The number of amides is 2. The highest BCUT2D eigenvalue weighted by Gasteiger charge is 2.20. The van der Waals surface area contributed by atoms with Crippen molar-refractivity contribution in [3.63, 3.8) is 0 Å². The van der Waals surface area contributed by atoms with Gasteiger partial charge in [-0.2, -0.15) is 0 Å². The average molecular weight is 765 g/mol. The van der Waals surface area contributed by atoms with Crippen molar-refractivity contribution in [3.05, 3.63) is 70.7 Å². The van der Waals surface area contributed by atoms with Crippen molar-refractivity contribution in [2.45, 2.75) is 53.8 Å². The molecule has 2 amide bonds. The van der Waals surface area contributed by atoms with Crippen LogP contribution in [0.15, 0.2) is 63.7 Å². The molecule has 0 fully saturated rings. The standard InChI is InChI=1S/C36H40N8O5S2.ClH/c1-19(2)47-31-15-23(39-33(37)27-17-50-35(41-27)43(7)21(5)45)9-11-25(31)29-13-14-30(49-29)26-12-10-24(16-32(26)48-20(3)4)40-34(38)28-18-51-36(42-28)44(8)22(6)46;/h9-20H,1-8H3,(H2,37,39)(H2,38,40);1H. The Morgan fingerprint density at radius 3 is 1.44 bits per heavy atom. The summed E-state index contributed by atoms with van der Waals surface area (Å²) in [6.07, 6.45) is -0.265. The van der Waals surface area contributed by atoms with Crippen LogP contribution >= 0.6 is 35.1 Å². The first-order chi connectivity index (χ1) is 24.2. The SMILES string of the molecule is CC(=O)N(C)c1nc(C(=N)Nc2ccc(-c3ccc(-c4ccc(NC(=N)c5csc(N(C)C(C)=O)n5)cc4OC(C)C)o3)c(OC(C)C)c2)cs1.Cl. The number of ether oxygens (including phenoxy) is 2. The smallest absolute Gasteiger partial charge is 0.225 e. The van der Waals surface area contributed by atoms with Crippen LogP contribution < -0.4 is 29.9 Å². The molecular formula is C36H41ClN8O5S2. The van der Waals surface area contributed by atoms with E-state index in [1.807, 2.05) is 76.2 Å². The van der Waals surface area contributed by atoms with E-state index < -0.39 is 0 Å². The van der Waals surface area contributed by atoms with Crippen LogP contribution in [0.1, 0.15) is 52.9 Å². The van der Waals surface area contributed by atoms with Gasteiger partial charge >= 0.3 is 0 Å². The van der Waals surface area contributed by atoms with Gasteiger partial charge in [-0.15, -0.1) is 35.1 Å². The zero-order chi connectivity index (χ0) is 37.0. The van der Waals surface area contributed by atoms with Crippen LogP contribution in [0.2, 0.25) is 0 Å². The Bertz CT molecular complexity index is 1950. The number of nitrogens with zero attached hydrogens (tertiary/aromatic N) is 4. The first-order valence-electron chi connectivity index (χ1n) is 16.0. The van der Waals surface area contributed by atoms with E-state index in [0.717, 1.165) is 11.1 Å². The van der Waals surface area contributed by atoms with E-state index in [0.29, 0.717) is 56.0 Å². The third-order valence-corrected chi connectivity index (χ3v) is 9.21. The van der Waals surface area contributed by atoms with E-state index in [-0.39, 0.29) is 48.1 Å². The summed E-state index contributed by atoms with van der Waals surface area (Å²) in [7, 11) is 3.29. The minimum Gasteiger partial charge on any atom is -0.490 e. The molecule has 13 nitrogen and oxygen atoms in total. The molecule has 0 radical (unpaired) electrons. The summed E-state index contributed by atoms with van der Waals surface area (Å²) < 4.78 is 18.8. The zero-order valence-corrected chi connectivity index (χ0v) is 32.4. The van der Waals surface area contributed by atoms with Gasteiger partial charge in [0.05, 0.1) is 23.3 Å². The molecule has 16 heteroatoms. The number of aromatic nitrogens is 2. The number of halogens is 1. The quantitative estimate of drug-likeness (QED) is 0.0720. The number of nitrogens with one attached hydrogen (secondary N) is 4. The summed E-state index contributed by atoms with van der Waals surface area (Å²) in [5, 5.41) is 27.8. The second-order valence-electron chi connectivity index (χ2n) is 12.1. The van der Waals surface area contributed by atoms with Gasteiger partial charge < -0.3 is 24.5 Å². The number of hydrogen-bond donors (Lipinski definition) is 4. The number of rotatable bonds is 12. The van der Waals surface area contributed by atoms with Crippen LogP contribution in [0.25, 0.3) is 22.6 Å². The fraction of sp³-hybridized carbons (Fsp3) is 0.278. The third kappa shape index (κ3) is 9.34. The first-order valence-corrected chi connectivity index (χ1v) is 17.8. The summed E-state index contributed by atoms with van der Waals surface area (Å²) in [5.74, 6) is 2.17. The molecule has 0 aliphatic heterocycles. The third-order valence-electron chi connectivity index (χ3n) is 7.38. The molecule has 5 rings (SSSR count). The molecule has 3 aromatic heterocycles. The Labute approximate surface area is 316 Å². The topological polar surface area (TPSA) is 170 Å². The highest BCUT2D eigenvalue weighted by molar-refractivity contribution is 7.14. The van der Waals surface area contributed by atoms with Crippen molar-refractivity contribution in [3.8, 4) is 34.1 Å². The number of carbonyl (C=O) groups excluding carboxylic acids is 2. The Morgan fingerprint density at radius 2 is 1.10 bits per heavy atom. The van der Waals surface area contributed by atoms with Gasteiger partial charge in [0.15, 0.2) is 10.3 Å². The highest BCUT2D eigenvalue weighted by Crippen LogP contribution is 2.40. The monoisotopic (exact) mass is 764 g/mol. The maximum absolute atomic E-state index is 11.7. The molecular weight excluding hydrogens is 724 g/mol. The zero-order valence-electron chi connectivity index (χ0n) is 30.0. The van der Waals surface area contributed by atoms with Gasteiger partial charge in [-0.3, -0.25) is 30.2 Å². The summed E-state index contributed by atoms with van der Waals surface area (Å²) >= 11 is 2.57. The highest BCUT2D eigenvalue weighted by atomic mass is 35.5. The predicted molar refractivity (Wildman–Crippen MR) is 212 cm³/mol. The molecule has 4 N–H and O–H groups in total. The molecule has 0 unspecified atom stereocenters. The summed E-state index contributed by atoms with van der Waals surface area (Å²) in [6, 6.07) is 14.8. The Kier molecular flexibility index (Phi) is 12.8. The molecule has 0 bridgehead atoms. The number of furan rings is 1. The van der Waals surface area contributed by atoms with E-state index >= 15 is 0 Å². The van der Waals surface area contributed by atoms with Gasteiger partial charge in [0, 0.05) is 62.2 Å². The molecule has 5 aromatic rings. The van der Waals surface area contributed by atoms with E-state index in [4.69, 9.17) is 24.7 Å². The molecule has 2 aromatic carbocycles. The molecule has 0 spiro atoms. The van der Waals surface area contributed by atoms with Crippen LogP contribution in [-0.2, 0) is 9.59 Å². The summed E-state index contributed by atoms with van der Waals surface area (Å²) in [5.41, 5.74) is 3.54. The van der Waals surface area contributed by atoms with Gasteiger partial charge in [-0.05, 0) is 64.1 Å². The summed E-state index contributed by atoms with van der Waals surface area (Å²) in [4.78, 5) is 35.2. The molecule has 3 heterocycles. The van der Waals surface area contributed by atoms with Gasteiger partial charge in [0.25, 0.3) is 0 Å². The van der Waals surface area contributed by atoms with E-state index in [2.05, 4.69) is 20.6 Å². The van der Waals surface area contributed by atoms with Gasteiger partial charge in [0.1, 0.15) is 46.1 Å². The first kappa shape index (κ1) is 39.5. The maximum Gasteiger partial charge on any atom is 0.225 e. The van der Waals surface area contributed by atoms with Crippen molar-refractivity contribution in [2.24, 2.45) is 0 Å². The number of anilines is 4. The summed E-state index contributed by atoms with van der Waals surface area (Å²) in [6.45, 7) is 10.7. The second kappa shape index (κ2) is 16.8. The second-order valence-corrected chi connectivity index (χ2v) is 13.8. The Balaban J connectivity index is 0.00000605. The Hall–Kier alpha value is -5.25. The molecule has 274 valence electrons. The van der Waals surface area contributed by atoms with Gasteiger partial charge in [-0.1, -0.05) is 0 Å². The molecule has 0 atom stereocenters. The van der Waals surface area contributed by atoms with E-state index in [1.165, 1.54) is 46.3 Å². The van der Waals surface area contributed by atoms with Crippen molar-refractivity contribution in [2.75, 3.05) is 34.5 Å². The normalized spacial score (nSPS) is 10.8. The van der Waals surface area contributed by atoms with Crippen molar-refractivity contribution in [1.82, 2.24) is 9.97 Å². The minimum absolute atomic E-state index is 0. The van der Waals surface area contributed by atoms with Crippen LogP contribution in [0.5, 0.6) is 11.5 Å².